The summed E-state index contributed by atoms with van der Waals surface area (Å²) < 4.78 is 7.19. The van der Waals surface area contributed by atoms with E-state index in [0.29, 0.717) is 31.9 Å². The van der Waals surface area contributed by atoms with Crippen LogP contribution in [0.1, 0.15) is 30.3 Å². The highest BCUT2D eigenvalue weighted by molar-refractivity contribution is 5.92. The molecule has 1 aliphatic heterocycles. The molecule has 0 saturated carbocycles. The maximum absolute atomic E-state index is 12.3. The number of hydrogen-bond acceptors (Lipinski definition) is 5. The Kier molecular flexibility index (Phi) is 4.86. The van der Waals surface area contributed by atoms with Gasteiger partial charge in [-0.15, -0.1) is 5.10 Å². The van der Waals surface area contributed by atoms with Crippen LogP contribution >= 0.6 is 0 Å². The van der Waals surface area contributed by atoms with Crippen LogP contribution in [-0.4, -0.2) is 58.1 Å². The molecule has 1 saturated heterocycles. The molecule has 7 heteroatoms. The number of hydrogen-bond donors (Lipinski definition) is 1. The molecule has 1 aromatic rings. The summed E-state index contributed by atoms with van der Waals surface area (Å²) in [6, 6.07) is 0. The second-order valence-corrected chi connectivity index (χ2v) is 4.63. The first-order chi connectivity index (χ1) is 9.24. The van der Waals surface area contributed by atoms with Gasteiger partial charge in [-0.2, -0.15) is 0 Å². The minimum atomic E-state index is -0.0762. The Morgan fingerprint density at radius 1 is 1.63 bits per heavy atom. The van der Waals surface area contributed by atoms with Crippen molar-refractivity contribution in [2.24, 2.45) is 5.73 Å². The zero-order valence-electron chi connectivity index (χ0n) is 11.3. The Morgan fingerprint density at radius 3 is 3.21 bits per heavy atom. The van der Waals surface area contributed by atoms with Crippen LogP contribution in [0, 0.1) is 0 Å². The van der Waals surface area contributed by atoms with E-state index in [-0.39, 0.29) is 12.0 Å². The molecule has 106 valence electrons. The van der Waals surface area contributed by atoms with Gasteiger partial charge in [0.1, 0.15) is 0 Å². The Balaban J connectivity index is 1.97. The van der Waals surface area contributed by atoms with Gasteiger partial charge in [0.2, 0.25) is 0 Å². The molecule has 2 N–H and O–H groups in total. The Bertz CT molecular complexity index is 418. The van der Waals surface area contributed by atoms with Gasteiger partial charge < -0.3 is 15.4 Å². The van der Waals surface area contributed by atoms with Crippen molar-refractivity contribution in [2.75, 3.05) is 26.2 Å². The van der Waals surface area contributed by atoms with E-state index in [1.165, 1.54) is 0 Å². The molecular formula is C12H21N5O2. The first kappa shape index (κ1) is 14.0. The van der Waals surface area contributed by atoms with Crippen molar-refractivity contribution in [3.63, 3.8) is 0 Å². The predicted octanol–water partition coefficient (Wildman–Crippen LogP) is -0.122. The molecule has 7 nitrogen and oxygen atoms in total. The van der Waals surface area contributed by atoms with Gasteiger partial charge in [-0.05, 0) is 19.8 Å². The molecule has 1 amide bonds. The van der Waals surface area contributed by atoms with E-state index in [9.17, 15) is 4.79 Å². The molecule has 1 aliphatic rings. The van der Waals surface area contributed by atoms with E-state index >= 15 is 0 Å². The second-order valence-electron chi connectivity index (χ2n) is 4.63. The van der Waals surface area contributed by atoms with Crippen molar-refractivity contribution in [3.8, 4) is 0 Å². The summed E-state index contributed by atoms with van der Waals surface area (Å²) in [6.07, 6.45) is 3.77. The van der Waals surface area contributed by atoms with Crippen LogP contribution in [0.15, 0.2) is 6.20 Å². The molecule has 0 bridgehead atoms. The molecular weight excluding hydrogens is 246 g/mol. The van der Waals surface area contributed by atoms with E-state index in [1.807, 2.05) is 6.92 Å². The van der Waals surface area contributed by atoms with Crippen LogP contribution in [0.25, 0.3) is 0 Å². The Morgan fingerprint density at radius 2 is 2.47 bits per heavy atom. The van der Waals surface area contributed by atoms with Gasteiger partial charge in [0.15, 0.2) is 5.69 Å². The number of rotatable bonds is 5. The quantitative estimate of drug-likeness (QED) is 0.803. The van der Waals surface area contributed by atoms with Gasteiger partial charge in [0.25, 0.3) is 5.91 Å². The topological polar surface area (TPSA) is 86.3 Å². The van der Waals surface area contributed by atoms with Crippen molar-refractivity contribution in [3.05, 3.63) is 11.9 Å². The number of nitrogens with two attached hydrogens (primary N) is 1. The van der Waals surface area contributed by atoms with Crippen molar-refractivity contribution in [1.82, 2.24) is 19.9 Å². The number of aromatic nitrogens is 3. The van der Waals surface area contributed by atoms with Crippen LogP contribution in [0.5, 0.6) is 0 Å². The van der Waals surface area contributed by atoms with Gasteiger partial charge in [0.05, 0.1) is 18.8 Å². The first-order valence-corrected chi connectivity index (χ1v) is 6.75. The zero-order chi connectivity index (χ0) is 13.7. The summed E-state index contributed by atoms with van der Waals surface area (Å²) in [5, 5.41) is 7.79. The lowest BCUT2D eigenvalue weighted by Gasteiger charge is -2.31. The zero-order valence-corrected chi connectivity index (χ0v) is 11.3. The van der Waals surface area contributed by atoms with Crippen molar-refractivity contribution >= 4 is 5.91 Å². The molecule has 0 aliphatic carbocycles. The van der Waals surface area contributed by atoms with E-state index in [4.69, 9.17) is 10.5 Å². The molecule has 0 radical (unpaired) electrons. The van der Waals surface area contributed by atoms with Crippen molar-refractivity contribution < 1.29 is 9.53 Å². The summed E-state index contributed by atoms with van der Waals surface area (Å²) >= 11 is 0. The third kappa shape index (κ3) is 3.51. The fourth-order valence-corrected chi connectivity index (χ4v) is 2.29. The molecule has 0 aromatic carbocycles. The van der Waals surface area contributed by atoms with E-state index in [0.717, 1.165) is 19.4 Å². The van der Waals surface area contributed by atoms with Gasteiger partial charge in [-0.1, -0.05) is 5.21 Å². The van der Waals surface area contributed by atoms with Crippen LogP contribution in [-0.2, 0) is 11.3 Å². The third-order valence-corrected chi connectivity index (χ3v) is 3.18. The lowest BCUT2D eigenvalue weighted by Crippen LogP contribution is -2.43. The maximum atomic E-state index is 12.3. The number of ether oxygens (including phenoxy) is 1. The fraction of sp³-hybridized carbons (Fsp3) is 0.750. The maximum Gasteiger partial charge on any atom is 0.276 e. The summed E-state index contributed by atoms with van der Waals surface area (Å²) in [7, 11) is 0. The molecule has 0 spiro atoms. The normalized spacial score (nSPS) is 19.7. The highest BCUT2D eigenvalue weighted by Crippen LogP contribution is 2.15. The average molecular weight is 267 g/mol. The average Bonchev–Trinajstić information content (AvgIpc) is 2.88. The van der Waals surface area contributed by atoms with Crippen molar-refractivity contribution in [1.29, 1.82) is 0 Å². The molecule has 1 atom stereocenters. The number of carbonyl (C=O) groups excluding carboxylic acids is 1. The number of likely N-dealkylation sites (tertiary alicyclic amines) is 1. The van der Waals surface area contributed by atoms with Crippen LogP contribution in [0.3, 0.4) is 0 Å². The lowest BCUT2D eigenvalue weighted by molar-refractivity contribution is 0.00703. The molecule has 2 rings (SSSR count). The van der Waals surface area contributed by atoms with E-state index in [2.05, 4.69) is 10.3 Å². The predicted molar refractivity (Wildman–Crippen MR) is 69.6 cm³/mol. The summed E-state index contributed by atoms with van der Waals surface area (Å²) in [5.41, 5.74) is 5.82. The summed E-state index contributed by atoms with van der Waals surface area (Å²) in [6.45, 7) is 5.09. The number of carbonyl (C=O) groups is 1. The van der Waals surface area contributed by atoms with Gasteiger partial charge in [-0.25, -0.2) is 0 Å². The first-order valence-electron chi connectivity index (χ1n) is 6.75. The number of amides is 1. The molecule has 1 aromatic heterocycles. The largest absolute Gasteiger partial charge is 0.377 e. The Labute approximate surface area is 112 Å². The third-order valence-electron chi connectivity index (χ3n) is 3.18. The minimum Gasteiger partial charge on any atom is -0.377 e. The SMILES string of the molecule is CCOC1CCCN(C(=O)c2cn(CCN)nn2)C1. The Hall–Kier alpha value is -1.47. The standard InChI is InChI=1S/C12H21N5O2/c1-2-19-10-4-3-6-16(8-10)12(18)11-9-17(7-5-13)15-14-11/h9-10H,2-8,13H2,1H3. The highest BCUT2D eigenvalue weighted by atomic mass is 16.5. The summed E-state index contributed by atoms with van der Waals surface area (Å²) in [4.78, 5) is 14.1. The lowest BCUT2D eigenvalue weighted by atomic mass is 10.1. The minimum absolute atomic E-state index is 0.0762. The smallest absolute Gasteiger partial charge is 0.276 e. The molecule has 1 fully saturated rings. The molecule has 19 heavy (non-hydrogen) atoms. The highest BCUT2D eigenvalue weighted by Gasteiger charge is 2.26. The van der Waals surface area contributed by atoms with Crippen molar-refractivity contribution in [2.45, 2.75) is 32.4 Å². The van der Waals surface area contributed by atoms with Crippen LogP contribution in [0.4, 0.5) is 0 Å². The number of nitrogens with zero attached hydrogens (tertiary/aromatic N) is 4. The second kappa shape index (κ2) is 6.63. The fourth-order valence-electron chi connectivity index (χ4n) is 2.29. The number of piperidine rings is 1. The van der Waals surface area contributed by atoms with Crippen LogP contribution in [0.2, 0.25) is 0 Å². The molecule has 2 heterocycles. The van der Waals surface area contributed by atoms with Gasteiger partial charge in [0, 0.05) is 26.2 Å². The van der Waals surface area contributed by atoms with E-state index in [1.54, 1.807) is 15.8 Å². The summed E-state index contributed by atoms with van der Waals surface area (Å²) in [5.74, 6) is -0.0762. The van der Waals surface area contributed by atoms with Gasteiger partial charge in [-0.3, -0.25) is 9.48 Å². The monoisotopic (exact) mass is 267 g/mol. The molecule has 1 unspecified atom stereocenters. The van der Waals surface area contributed by atoms with Gasteiger partial charge >= 0.3 is 0 Å². The van der Waals surface area contributed by atoms with Crippen LogP contribution < -0.4 is 5.73 Å². The van der Waals surface area contributed by atoms with E-state index < -0.39 is 0 Å².